The van der Waals surface area contributed by atoms with Crippen LogP contribution in [0.2, 0.25) is 5.02 Å². The van der Waals surface area contributed by atoms with Gasteiger partial charge in [-0.2, -0.15) is 0 Å². The van der Waals surface area contributed by atoms with Crippen molar-refractivity contribution in [2.75, 3.05) is 26.7 Å². The molecule has 2 N–H and O–H groups in total. The number of benzene rings is 1. The maximum atomic E-state index is 12.3. The van der Waals surface area contributed by atoms with Gasteiger partial charge < -0.3 is 15.4 Å². The van der Waals surface area contributed by atoms with Crippen molar-refractivity contribution >= 4 is 29.9 Å². The number of nitrogens with one attached hydrogen (secondary N) is 2. The first-order valence-corrected chi connectivity index (χ1v) is 7.33. The molecular weight excluding hydrogens is 311 g/mol. The molecule has 2 rings (SSSR count). The van der Waals surface area contributed by atoms with Crippen LogP contribution in [0, 0.1) is 0 Å². The molecule has 6 heteroatoms. The molecule has 0 unspecified atom stereocenters. The minimum Gasteiger partial charge on any atom is -0.368 e. The van der Waals surface area contributed by atoms with E-state index in [1.54, 1.807) is 7.11 Å². The molecular formula is C15H22Cl2N2O2. The highest BCUT2D eigenvalue weighted by Gasteiger charge is 2.39. The van der Waals surface area contributed by atoms with E-state index in [2.05, 4.69) is 10.6 Å². The molecule has 0 aromatic heterocycles. The van der Waals surface area contributed by atoms with Crippen molar-refractivity contribution in [3.05, 3.63) is 34.9 Å². The minimum absolute atomic E-state index is 0. The second-order valence-electron chi connectivity index (χ2n) is 5.08. The van der Waals surface area contributed by atoms with Gasteiger partial charge in [0.05, 0.1) is 0 Å². The van der Waals surface area contributed by atoms with Crippen molar-refractivity contribution in [2.45, 2.75) is 24.9 Å². The van der Waals surface area contributed by atoms with Crippen molar-refractivity contribution in [3.8, 4) is 0 Å². The Morgan fingerprint density at radius 3 is 2.76 bits per heavy atom. The van der Waals surface area contributed by atoms with Crippen LogP contribution in [0.3, 0.4) is 0 Å². The van der Waals surface area contributed by atoms with Crippen molar-refractivity contribution in [1.82, 2.24) is 10.6 Å². The Hall–Kier alpha value is -0.810. The first-order chi connectivity index (χ1) is 9.66. The van der Waals surface area contributed by atoms with Gasteiger partial charge >= 0.3 is 0 Å². The van der Waals surface area contributed by atoms with E-state index < -0.39 is 5.60 Å². The summed E-state index contributed by atoms with van der Waals surface area (Å²) in [5.41, 5.74) is 0.453. The number of halogens is 2. The average molecular weight is 333 g/mol. The molecule has 1 fully saturated rings. The summed E-state index contributed by atoms with van der Waals surface area (Å²) in [6.45, 7) is 2.23. The first kappa shape index (κ1) is 18.2. The summed E-state index contributed by atoms with van der Waals surface area (Å²) in [6, 6.07) is 7.69. The van der Waals surface area contributed by atoms with Gasteiger partial charge in [-0.1, -0.05) is 23.7 Å². The Morgan fingerprint density at radius 2 is 2.14 bits per heavy atom. The Balaban J connectivity index is 0.00000220. The molecule has 0 spiro atoms. The van der Waals surface area contributed by atoms with E-state index in [-0.39, 0.29) is 18.3 Å². The topological polar surface area (TPSA) is 50.4 Å². The van der Waals surface area contributed by atoms with Crippen molar-refractivity contribution in [3.63, 3.8) is 0 Å². The highest BCUT2D eigenvalue weighted by atomic mass is 35.5. The lowest BCUT2D eigenvalue weighted by Gasteiger charge is -2.34. The van der Waals surface area contributed by atoms with Gasteiger partial charge in [0.25, 0.3) is 5.91 Å². The van der Waals surface area contributed by atoms with E-state index in [1.807, 2.05) is 24.3 Å². The molecule has 1 aliphatic rings. The highest BCUT2D eigenvalue weighted by molar-refractivity contribution is 6.30. The third-order valence-electron chi connectivity index (χ3n) is 3.80. The summed E-state index contributed by atoms with van der Waals surface area (Å²) in [5.74, 6) is -0.0106. The van der Waals surface area contributed by atoms with E-state index in [0.29, 0.717) is 19.4 Å². The number of carbonyl (C=O) groups excluding carboxylic acids is 1. The smallest absolute Gasteiger partial charge is 0.252 e. The molecule has 0 atom stereocenters. The molecule has 1 amide bonds. The summed E-state index contributed by atoms with van der Waals surface area (Å²) in [5, 5.41) is 6.94. The van der Waals surface area contributed by atoms with E-state index >= 15 is 0 Å². The van der Waals surface area contributed by atoms with Crippen LogP contribution in [-0.2, 0) is 16.0 Å². The molecule has 1 aromatic carbocycles. The Kier molecular flexibility index (Phi) is 7.46. The van der Waals surface area contributed by atoms with Crippen LogP contribution in [0.4, 0.5) is 0 Å². The molecule has 21 heavy (non-hydrogen) atoms. The number of hydrogen-bond acceptors (Lipinski definition) is 3. The number of methoxy groups -OCH3 is 1. The lowest BCUT2D eigenvalue weighted by molar-refractivity contribution is -0.146. The van der Waals surface area contributed by atoms with Gasteiger partial charge in [0, 0.05) is 18.7 Å². The van der Waals surface area contributed by atoms with Gasteiger partial charge in [-0.05, 0) is 50.0 Å². The zero-order chi connectivity index (χ0) is 14.4. The van der Waals surface area contributed by atoms with Crippen LogP contribution >= 0.6 is 24.0 Å². The molecule has 0 radical (unpaired) electrons. The minimum atomic E-state index is -0.667. The van der Waals surface area contributed by atoms with Crippen LogP contribution in [0.1, 0.15) is 18.4 Å². The highest BCUT2D eigenvalue weighted by Crippen LogP contribution is 2.22. The third kappa shape index (κ3) is 4.85. The summed E-state index contributed by atoms with van der Waals surface area (Å²) >= 11 is 5.94. The van der Waals surface area contributed by atoms with Crippen LogP contribution in [0.15, 0.2) is 24.3 Å². The van der Waals surface area contributed by atoms with Crippen molar-refractivity contribution < 1.29 is 9.53 Å². The average Bonchev–Trinajstić information content (AvgIpc) is 2.48. The van der Waals surface area contributed by atoms with Gasteiger partial charge in [-0.25, -0.2) is 0 Å². The third-order valence-corrected chi connectivity index (χ3v) is 4.04. The van der Waals surface area contributed by atoms with Crippen molar-refractivity contribution in [1.29, 1.82) is 0 Å². The molecule has 0 aliphatic carbocycles. The molecule has 1 aliphatic heterocycles. The molecule has 0 bridgehead atoms. The van der Waals surface area contributed by atoms with E-state index in [0.717, 1.165) is 30.1 Å². The lowest BCUT2D eigenvalue weighted by Crippen LogP contribution is -2.54. The standard InChI is InChI=1S/C15H21ClN2O2.ClH/c1-20-15(6-9-17-10-7-15)14(19)18-8-5-12-3-2-4-13(16)11-12;/h2-4,11,17H,5-10H2,1H3,(H,18,19);1H. The predicted molar refractivity (Wildman–Crippen MR) is 87.3 cm³/mol. The number of amides is 1. The van der Waals surface area contributed by atoms with Gasteiger partial charge in [0.15, 0.2) is 0 Å². The maximum Gasteiger partial charge on any atom is 0.252 e. The predicted octanol–water partition coefficient (Wildman–Crippen LogP) is 2.19. The Bertz CT molecular complexity index is 463. The molecule has 4 nitrogen and oxygen atoms in total. The summed E-state index contributed by atoms with van der Waals surface area (Å²) < 4.78 is 5.49. The van der Waals surface area contributed by atoms with Crippen LogP contribution in [-0.4, -0.2) is 38.3 Å². The van der Waals surface area contributed by atoms with Crippen LogP contribution in [0.5, 0.6) is 0 Å². The SMILES string of the molecule is COC1(C(=O)NCCc2cccc(Cl)c2)CCNCC1.Cl. The van der Waals surface area contributed by atoms with Gasteiger partial charge in [-0.3, -0.25) is 4.79 Å². The molecule has 118 valence electrons. The van der Waals surface area contributed by atoms with Crippen LogP contribution in [0.25, 0.3) is 0 Å². The molecule has 1 saturated heterocycles. The summed E-state index contributed by atoms with van der Waals surface area (Å²) in [4.78, 5) is 12.3. The summed E-state index contributed by atoms with van der Waals surface area (Å²) in [7, 11) is 1.61. The van der Waals surface area contributed by atoms with Crippen LogP contribution < -0.4 is 10.6 Å². The Morgan fingerprint density at radius 1 is 1.43 bits per heavy atom. The zero-order valence-corrected chi connectivity index (χ0v) is 13.7. The van der Waals surface area contributed by atoms with Gasteiger partial charge in [-0.15, -0.1) is 12.4 Å². The summed E-state index contributed by atoms with van der Waals surface area (Å²) in [6.07, 6.45) is 2.20. The van der Waals surface area contributed by atoms with Gasteiger partial charge in [0.2, 0.25) is 0 Å². The number of ether oxygens (including phenoxy) is 1. The fraction of sp³-hybridized carbons (Fsp3) is 0.533. The normalized spacial score (nSPS) is 16.9. The zero-order valence-electron chi connectivity index (χ0n) is 12.2. The quantitative estimate of drug-likeness (QED) is 0.868. The number of piperidine rings is 1. The van der Waals surface area contributed by atoms with E-state index in [9.17, 15) is 4.79 Å². The monoisotopic (exact) mass is 332 g/mol. The van der Waals surface area contributed by atoms with E-state index in [4.69, 9.17) is 16.3 Å². The molecule has 1 aromatic rings. The van der Waals surface area contributed by atoms with E-state index in [1.165, 1.54) is 0 Å². The fourth-order valence-electron chi connectivity index (χ4n) is 2.53. The van der Waals surface area contributed by atoms with Gasteiger partial charge in [0.1, 0.15) is 5.60 Å². The molecule has 1 heterocycles. The fourth-order valence-corrected chi connectivity index (χ4v) is 2.74. The second kappa shape index (κ2) is 8.59. The maximum absolute atomic E-state index is 12.3. The first-order valence-electron chi connectivity index (χ1n) is 6.95. The lowest BCUT2D eigenvalue weighted by atomic mass is 9.91. The number of carbonyl (C=O) groups is 1. The number of hydrogen-bond donors (Lipinski definition) is 2. The van der Waals surface area contributed by atoms with Crippen molar-refractivity contribution in [2.24, 2.45) is 0 Å². The second-order valence-corrected chi connectivity index (χ2v) is 5.52. The number of rotatable bonds is 5. The Labute approximate surface area is 137 Å². The molecule has 0 saturated carbocycles. The largest absolute Gasteiger partial charge is 0.368 e.